The van der Waals surface area contributed by atoms with Crippen molar-refractivity contribution in [1.82, 2.24) is 10.2 Å². The third-order valence-electron chi connectivity index (χ3n) is 1.14. The highest BCUT2D eigenvalue weighted by molar-refractivity contribution is 8.01. The molecule has 11 heavy (non-hydrogen) atoms. The molecule has 0 aliphatic carbocycles. The Morgan fingerprint density at radius 3 is 2.82 bits per heavy atom. The Morgan fingerprint density at radius 2 is 2.36 bits per heavy atom. The third kappa shape index (κ3) is 2.76. The van der Waals surface area contributed by atoms with Crippen molar-refractivity contribution in [3.8, 4) is 0 Å². The van der Waals surface area contributed by atoms with Gasteiger partial charge in [0.1, 0.15) is 5.01 Å². The van der Waals surface area contributed by atoms with Gasteiger partial charge in [-0.25, -0.2) is 0 Å². The number of hydrogen-bond acceptors (Lipinski definition) is 5. The van der Waals surface area contributed by atoms with Crippen molar-refractivity contribution in [3.63, 3.8) is 0 Å². The van der Waals surface area contributed by atoms with Crippen molar-refractivity contribution in [1.29, 1.82) is 0 Å². The molecule has 1 rings (SSSR count). The van der Waals surface area contributed by atoms with E-state index in [1.54, 1.807) is 23.1 Å². The Labute approximate surface area is 74.4 Å². The van der Waals surface area contributed by atoms with E-state index in [2.05, 4.69) is 17.1 Å². The molecule has 0 aromatic carbocycles. The van der Waals surface area contributed by atoms with E-state index >= 15 is 0 Å². The Morgan fingerprint density at radius 1 is 1.64 bits per heavy atom. The standard InChI is InChI=1S/C6H11N3S2/c1-4(3-7)10-6-9-8-5(2)11-6/h4H,3,7H2,1-2H3. The Bertz CT molecular complexity index is 223. The molecule has 1 aromatic heterocycles. The van der Waals surface area contributed by atoms with Crippen LogP contribution in [-0.4, -0.2) is 22.0 Å². The molecule has 3 nitrogen and oxygen atoms in total. The number of thioether (sulfide) groups is 1. The van der Waals surface area contributed by atoms with Crippen LogP contribution in [0.2, 0.25) is 0 Å². The average Bonchev–Trinajstić information content (AvgIpc) is 2.35. The number of rotatable bonds is 3. The van der Waals surface area contributed by atoms with Gasteiger partial charge in [-0.1, -0.05) is 30.0 Å². The number of aryl methyl sites for hydroxylation is 1. The molecular formula is C6H11N3S2. The highest BCUT2D eigenvalue weighted by Gasteiger charge is 2.05. The Hall–Kier alpha value is -0.130. The van der Waals surface area contributed by atoms with Crippen molar-refractivity contribution in [2.24, 2.45) is 5.73 Å². The number of aromatic nitrogens is 2. The van der Waals surface area contributed by atoms with E-state index in [0.717, 1.165) is 9.35 Å². The predicted octanol–water partition coefficient (Wildman–Crippen LogP) is 1.29. The zero-order valence-electron chi connectivity index (χ0n) is 6.57. The summed E-state index contributed by atoms with van der Waals surface area (Å²) >= 11 is 3.30. The summed E-state index contributed by atoms with van der Waals surface area (Å²) in [4.78, 5) is 0. The van der Waals surface area contributed by atoms with E-state index in [1.807, 2.05) is 6.92 Å². The van der Waals surface area contributed by atoms with Crippen LogP contribution in [0, 0.1) is 6.92 Å². The molecule has 0 fully saturated rings. The highest BCUT2D eigenvalue weighted by atomic mass is 32.2. The monoisotopic (exact) mass is 189 g/mol. The smallest absolute Gasteiger partial charge is 0.174 e. The van der Waals surface area contributed by atoms with Gasteiger partial charge in [0.15, 0.2) is 4.34 Å². The van der Waals surface area contributed by atoms with Crippen LogP contribution in [0.3, 0.4) is 0 Å². The maximum absolute atomic E-state index is 5.46. The second-order valence-electron chi connectivity index (χ2n) is 2.25. The summed E-state index contributed by atoms with van der Waals surface area (Å²) in [5, 5.41) is 9.33. The minimum absolute atomic E-state index is 0.433. The second-order valence-corrected chi connectivity index (χ2v) is 5.12. The van der Waals surface area contributed by atoms with E-state index in [0.29, 0.717) is 11.8 Å². The average molecular weight is 189 g/mol. The third-order valence-corrected chi connectivity index (χ3v) is 3.19. The van der Waals surface area contributed by atoms with Gasteiger partial charge in [0.25, 0.3) is 0 Å². The fraction of sp³-hybridized carbons (Fsp3) is 0.667. The van der Waals surface area contributed by atoms with Crippen LogP contribution >= 0.6 is 23.1 Å². The molecule has 0 aliphatic rings. The fourth-order valence-electron chi connectivity index (χ4n) is 0.546. The molecule has 5 heteroatoms. The first-order valence-corrected chi connectivity index (χ1v) is 5.09. The van der Waals surface area contributed by atoms with Gasteiger partial charge in [-0.15, -0.1) is 10.2 Å². The van der Waals surface area contributed by atoms with Gasteiger partial charge in [-0.05, 0) is 6.92 Å². The SMILES string of the molecule is Cc1nnc(SC(C)CN)s1. The summed E-state index contributed by atoms with van der Waals surface area (Å²) in [5.74, 6) is 0. The topological polar surface area (TPSA) is 51.8 Å². The Balaban J connectivity index is 2.50. The molecule has 0 saturated heterocycles. The van der Waals surface area contributed by atoms with Gasteiger partial charge in [0, 0.05) is 11.8 Å². The first kappa shape index (κ1) is 8.96. The molecule has 0 bridgehead atoms. The van der Waals surface area contributed by atoms with Crippen molar-refractivity contribution < 1.29 is 0 Å². The van der Waals surface area contributed by atoms with E-state index in [1.165, 1.54) is 0 Å². The normalized spacial score (nSPS) is 13.4. The van der Waals surface area contributed by atoms with Crippen molar-refractivity contribution in [3.05, 3.63) is 5.01 Å². The molecule has 1 heterocycles. The van der Waals surface area contributed by atoms with Crippen LogP contribution in [0.25, 0.3) is 0 Å². The van der Waals surface area contributed by atoms with Gasteiger partial charge >= 0.3 is 0 Å². The number of nitrogens with zero attached hydrogens (tertiary/aromatic N) is 2. The summed E-state index contributed by atoms with van der Waals surface area (Å²) in [7, 11) is 0. The van der Waals surface area contributed by atoms with Crippen molar-refractivity contribution in [2.75, 3.05) is 6.54 Å². The van der Waals surface area contributed by atoms with E-state index in [-0.39, 0.29) is 0 Å². The van der Waals surface area contributed by atoms with Crippen LogP contribution in [0.5, 0.6) is 0 Å². The first-order chi connectivity index (χ1) is 5.22. The molecule has 1 atom stereocenters. The summed E-state index contributed by atoms with van der Waals surface area (Å²) < 4.78 is 1.01. The minimum atomic E-state index is 0.433. The predicted molar refractivity (Wildman–Crippen MR) is 49.0 cm³/mol. The van der Waals surface area contributed by atoms with Crippen LogP contribution in [0.4, 0.5) is 0 Å². The molecule has 2 N–H and O–H groups in total. The van der Waals surface area contributed by atoms with Crippen LogP contribution in [-0.2, 0) is 0 Å². The molecular weight excluding hydrogens is 178 g/mol. The van der Waals surface area contributed by atoms with Crippen molar-refractivity contribution >= 4 is 23.1 Å². The summed E-state index contributed by atoms with van der Waals surface area (Å²) in [5.41, 5.74) is 5.46. The van der Waals surface area contributed by atoms with E-state index in [4.69, 9.17) is 5.73 Å². The quantitative estimate of drug-likeness (QED) is 0.728. The van der Waals surface area contributed by atoms with Gasteiger partial charge in [0.05, 0.1) is 0 Å². The van der Waals surface area contributed by atoms with Gasteiger partial charge < -0.3 is 5.73 Å². The molecule has 0 radical (unpaired) electrons. The molecule has 1 aromatic rings. The maximum atomic E-state index is 5.46. The molecule has 0 aliphatic heterocycles. The number of nitrogens with two attached hydrogens (primary N) is 1. The molecule has 62 valence electrons. The lowest BCUT2D eigenvalue weighted by Gasteiger charge is -2.02. The van der Waals surface area contributed by atoms with Gasteiger partial charge in [-0.3, -0.25) is 0 Å². The first-order valence-electron chi connectivity index (χ1n) is 3.39. The summed E-state index contributed by atoms with van der Waals surface area (Å²) in [6, 6.07) is 0. The molecule has 0 saturated carbocycles. The van der Waals surface area contributed by atoms with E-state index in [9.17, 15) is 0 Å². The van der Waals surface area contributed by atoms with Crippen LogP contribution in [0.15, 0.2) is 4.34 Å². The lowest BCUT2D eigenvalue weighted by molar-refractivity contribution is 0.936. The zero-order valence-corrected chi connectivity index (χ0v) is 8.21. The summed E-state index contributed by atoms with van der Waals surface area (Å²) in [6.45, 7) is 4.72. The van der Waals surface area contributed by atoms with E-state index < -0.39 is 0 Å². The van der Waals surface area contributed by atoms with Gasteiger partial charge in [0.2, 0.25) is 0 Å². The fourth-order valence-corrected chi connectivity index (χ4v) is 2.54. The minimum Gasteiger partial charge on any atom is -0.329 e. The lowest BCUT2D eigenvalue weighted by atomic mass is 10.5. The maximum Gasteiger partial charge on any atom is 0.174 e. The molecule has 1 unspecified atom stereocenters. The van der Waals surface area contributed by atoms with Crippen molar-refractivity contribution in [2.45, 2.75) is 23.4 Å². The van der Waals surface area contributed by atoms with Gasteiger partial charge in [-0.2, -0.15) is 0 Å². The second kappa shape index (κ2) is 4.04. The number of hydrogen-bond donors (Lipinski definition) is 1. The molecule has 0 spiro atoms. The zero-order chi connectivity index (χ0) is 8.27. The largest absolute Gasteiger partial charge is 0.329 e. The van der Waals surface area contributed by atoms with Crippen LogP contribution in [0.1, 0.15) is 11.9 Å². The summed E-state index contributed by atoms with van der Waals surface area (Å²) in [6.07, 6.45) is 0. The van der Waals surface area contributed by atoms with Crippen LogP contribution < -0.4 is 5.73 Å². The lowest BCUT2D eigenvalue weighted by Crippen LogP contribution is -2.11. The highest BCUT2D eigenvalue weighted by Crippen LogP contribution is 2.25. The Kier molecular flexibility index (Phi) is 3.29. The molecule has 0 amide bonds.